The fraction of sp³-hybridized carbons (Fsp3) is 0.286. The van der Waals surface area contributed by atoms with E-state index in [4.69, 9.17) is 0 Å². The second kappa shape index (κ2) is 7.46. The molecule has 0 fully saturated rings. The molecule has 0 unspecified atom stereocenters. The Kier molecular flexibility index (Phi) is 4.84. The summed E-state index contributed by atoms with van der Waals surface area (Å²) >= 11 is 0. The first-order chi connectivity index (χ1) is 13.9. The SMILES string of the molecule is Cc1[nH]c2cc(=O)[nH]n2c(=O)c1CCC(=O)NCCc1cn(C)c2ccccc12. The number of nitrogens with zero attached hydrogens (tertiary/aromatic N) is 2. The molecule has 0 aliphatic heterocycles. The second-order valence-corrected chi connectivity index (χ2v) is 7.26. The summed E-state index contributed by atoms with van der Waals surface area (Å²) in [6.07, 6.45) is 3.34. The highest BCUT2D eigenvalue weighted by Gasteiger charge is 2.12. The maximum atomic E-state index is 12.5. The minimum absolute atomic E-state index is 0.106. The van der Waals surface area contributed by atoms with Gasteiger partial charge in [0.1, 0.15) is 5.65 Å². The molecule has 0 aliphatic carbocycles. The van der Waals surface area contributed by atoms with Gasteiger partial charge in [0.05, 0.1) is 0 Å². The zero-order valence-electron chi connectivity index (χ0n) is 16.4. The number of carbonyl (C=O) groups excluding carboxylic acids is 1. The minimum Gasteiger partial charge on any atom is -0.356 e. The topological polar surface area (TPSA) is 104 Å². The minimum atomic E-state index is -0.346. The summed E-state index contributed by atoms with van der Waals surface area (Å²) in [5.74, 6) is -0.106. The Morgan fingerprint density at radius 2 is 1.97 bits per heavy atom. The molecule has 0 bridgehead atoms. The van der Waals surface area contributed by atoms with Crippen molar-refractivity contribution in [2.75, 3.05) is 6.54 Å². The van der Waals surface area contributed by atoms with Gasteiger partial charge in [0, 0.05) is 54.4 Å². The number of rotatable bonds is 6. The molecule has 3 heterocycles. The lowest BCUT2D eigenvalue weighted by Gasteiger charge is -2.08. The number of aryl methyl sites for hydroxylation is 2. The van der Waals surface area contributed by atoms with Crippen LogP contribution in [0.5, 0.6) is 0 Å². The van der Waals surface area contributed by atoms with E-state index in [0.29, 0.717) is 29.9 Å². The van der Waals surface area contributed by atoms with Crippen molar-refractivity contribution in [1.82, 2.24) is 24.5 Å². The van der Waals surface area contributed by atoms with E-state index in [9.17, 15) is 14.4 Å². The average molecular weight is 393 g/mol. The number of aromatic nitrogens is 4. The van der Waals surface area contributed by atoms with E-state index in [1.165, 1.54) is 27.0 Å². The lowest BCUT2D eigenvalue weighted by atomic mass is 10.1. The number of amides is 1. The van der Waals surface area contributed by atoms with Crippen LogP contribution in [0.15, 0.2) is 46.1 Å². The van der Waals surface area contributed by atoms with Crippen molar-refractivity contribution in [3.05, 3.63) is 74.1 Å². The Labute approximate surface area is 166 Å². The summed E-state index contributed by atoms with van der Waals surface area (Å²) in [7, 11) is 2.01. The molecule has 4 aromatic rings. The Morgan fingerprint density at radius 1 is 1.17 bits per heavy atom. The molecule has 8 heteroatoms. The molecule has 0 spiro atoms. The summed E-state index contributed by atoms with van der Waals surface area (Å²) in [5.41, 5.74) is 3.29. The van der Waals surface area contributed by atoms with Crippen molar-refractivity contribution in [1.29, 1.82) is 0 Å². The lowest BCUT2D eigenvalue weighted by molar-refractivity contribution is -0.121. The quantitative estimate of drug-likeness (QED) is 0.461. The summed E-state index contributed by atoms with van der Waals surface area (Å²) in [6, 6.07) is 9.52. The third-order valence-electron chi connectivity index (χ3n) is 5.26. The fourth-order valence-corrected chi connectivity index (χ4v) is 3.79. The smallest absolute Gasteiger partial charge is 0.276 e. The molecular formula is C21H23N5O3. The van der Waals surface area contributed by atoms with Crippen LogP contribution in [0.3, 0.4) is 0 Å². The number of carbonyl (C=O) groups is 1. The molecule has 0 saturated carbocycles. The third kappa shape index (κ3) is 3.61. The summed E-state index contributed by atoms with van der Waals surface area (Å²) in [6.45, 7) is 2.30. The van der Waals surface area contributed by atoms with Crippen molar-refractivity contribution in [2.45, 2.75) is 26.2 Å². The van der Waals surface area contributed by atoms with Gasteiger partial charge in [-0.15, -0.1) is 0 Å². The highest BCUT2D eigenvalue weighted by molar-refractivity contribution is 5.84. The normalized spacial score (nSPS) is 11.4. The first-order valence-electron chi connectivity index (χ1n) is 9.57. The van der Waals surface area contributed by atoms with Gasteiger partial charge in [-0.2, -0.15) is 0 Å². The Bertz CT molecular complexity index is 1320. The largest absolute Gasteiger partial charge is 0.356 e. The monoisotopic (exact) mass is 393 g/mol. The maximum absolute atomic E-state index is 12.5. The maximum Gasteiger partial charge on any atom is 0.276 e. The molecule has 1 aromatic carbocycles. The van der Waals surface area contributed by atoms with E-state index in [0.717, 1.165) is 6.42 Å². The average Bonchev–Trinajstić information content (AvgIpc) is 3.21. The van der Waals surface area contributed by atoms with Crippen LogP contribution in [-0.4, -0.2) is 31.6 Å². The number of fused-ring (bicyclic) bond motifs is 2. The van der Waals surface area contributed by atoms with Crippen molar-refractivity contribution in [3.63, 3.8) is 0 Å². The Balaban J connectivity index is 1.37. The first-order valence-corrected chi connectivity index (χ1v) is 9.57. The molecule has 0 radical (unpaired) electrons. The first kappa shape index (κ1) is 18.8. The van der Waals surface area contributed by atoms with Crippen LogP contribution in [0.25, 0.3) is 16.6 Å². The van der Waals surface area contributed by atoms with Crippen LogP contribution in [0, 0.1) is 6.92 Å². The number of H-pyrrole nitrogens is 2. The van der Waals surface area contributed by atoms with Crippen LogP contribution >= 0.6 is 0 Å². The molecule has 1 amide bonds. The van der Waals surface area contributed by atoms with Crippen molar-refractivity contribution in [2.24, 2.45) is 7.05 Å². The van der Waals surface area contributed by atoms with Gasteiger partial charge in [-0.05, 0) is 31.4 Å². The van der Waals surface area contributed by atoms with Crippen LogP contribution < -0.4 is 16.4 Å². The number of aromatic amines is 2. The standard InChI is InChI=1S/C21H23N5O3/c1-13-15(21(29)26-18(23-13)11-20(28)24-26)7-8-19(27)22-10-9-14-12-25(2)17-6-4-3-5-16(14)17/h3-6,11-12,23H,7-10H2,1-2H3,(H,22,27)(H,24,28). The molecule has 29 heavy (non-hydrogen) atoms. The lowest BCUT2D eigenvalue weighted by Crippen LogP contribution is -2.28. The van der Waals surface area contributed by atoms with E-state index in [1.54, 1.807) is 6.92 Å². The number of para-hydroxylation sites is 1. The van der Waals surface area contributed by atoms with Crippen molar-refractivity contribution >= 4 is 22.5 Å². The number of hydrogen-bond donors (Lipinski definition) is 3. The summed E-state index contributed by atoms with van der Waals surface area (Å²) < 4.78 is 3.27. The molecule has 0 saturated heterocycles. The van der Waals surface area contributed by atoms with E-state index < -0.39 is 0 Å². The zero-order chi connectivity index (χ0) is 20.5. The summed E-state index contributed by atoms with van der Waals surface area (Å²) in [4.78, 5) is 39.3. The van der Waals surface area contributed by atoms with E-state index >= 15 is 0 Å². The van der Waals surface area contributed by atoms with Crippen LogP contribution in [0.4, 0.5) is 0 Å². The molecule has 8 nitrogen and oxygen atoms in total. The third-order valence-corrected chi connectivity index (χ3v) is 5.26. The van der Waals surface area contributed by atoms with Gasteiger partial charge in [-0.3, -0.25) is 19.5 Å². The summed E-state index contributed by atoms with van der Waals surface area (Å²) in [5, 5.41) is 6.59. The molecule has 3 aromatic heterocycles. The number of benzene rings is 1. The molecule has 0 aliphatic rings. The fourth-order valence-electron chi connectivity index (χ4n) is 3.79. The highest BCUT2D eigenvalue weighted by atomic mass is 16.2. The van der Waals surface area contributed by atoms with Gasteiger partial charge in [0.2, 0.25) is 5.91 Å². The highest BCUT2D eigenvalue weighted by Crippen LogP contribution is 2.20. The molecular weight excluding hydrogens is 370 g/mol. The number of nitrogens with one attached hydrogen (secondary N) is 3. The van der Waals surface area contributed by atoms with Gasteiger partial charge in [-0.25, -0.2) is 4.52 Å². The van der Waals surface area contributed by atoms with Gasteiger partial charge in [-0.1, -0.05) is 18.2 Å². The van der Waals surface area contributed by atoms with Gasteiger partial charge >= 0.3 is 0 Å². The Hall–Kier alpha value is -3.55. The Morgan fingerprint density at radius 3 is 2.79 bits per heavy atom. The molecule has 4 rings (SSSR count). The van der Waals surface area contributed by atoms with Crippen molar-refractivity contribution in [3.8, 4) is 0 Å². The predicted molar refractivity (Wildman–Crippen MR) is 111 cm³/mol. The van der Waals surface area contributed by atoms with Crippen molar-refractivity contribution < 1.29 is 4.79 Å². The number of hydrogen-bond acceptors (Lipinski definition) is 3. The van der Waals surface area contributed by atoms with E-state index in [1.807, 2.05) is 19.2 Å². The molecule has 3 N–H and O–H groups in total. The molecule has 150 valence electrons. The van der Waals surface area contributed by atoms with Crippen LogP contribution in [0.1, 0.15) is 23.2 Å². The van der Waals surface area contributed by atoms with Crippen LogP contribution in [0.2, 0.25) is 0 Å². The zero-order valence-corrected chi connectivity index (χ0v) is 16.4. The van der Waals surface area contributed by atoms with E-state index in [2.05, 4.69) is 38.3 Å². The second-order valence-electron chi connectivity index (χ2n) is 7.26. The van der Waals surface area contributed by atoms with Crippen LogP contribution in [-0.2, 0) is 24.7 Å². The predicted octanol–water partition coefficient (Wildman–Crippen LogP) is 1.41. The van der Waals surface area contributed by atoms with Gasteiger partial charge in [0.25, 0.3) is 11.1 Å². The van der Waals surface area contributed by atoms with E-state index in [-0.39, 0.29) is 23.4 Å². The van der Waals surface area contributed by atoms with Gasteiger partial charge < -0.3 is 14.9 Å². The molecule has 0 atom stereocenters. The van der Waals surface area contributed by atoms with Gasteiger partial charge in [0.15, 0.2) is 0 Å².